The van der Waals surface area contributed by atoms with E-state index in [0.29, 0.717) is 24.0 Å². The summed E-state index contributed by atoms with van der Waals surface area (Å²) in [5.41, 5.74) is 0.501. The molecule has 1 aromatic carbocycles. The summed E-state index contributed by atoms with van der Waals surface area (Å²) in [6, 6.07) is 7.24. The summed E-state index contributed by atoms with van der Waals surface area (Å²) in [5.74, 6) is -0.0686. The topological polar surface area (TPSA) is 96.3 Å². The minimum Gasteiger partial charge on any atom is -0.355 e. The molecule has 1 aromatic heterocycles. The Hall–Kier alpha value is -2.74. The van der Waals surface area contributed by atoms with E-state index in [-0.39, 0.29) is 29.8 Å². The molecule has 1 saturated heterocycles. The van der Waals surface area contributed by atoms with Gasteiger partial charge < -0.3 is 10.6 Å². The van der Waals surface area contributed by atoms with Gasteiger partial charge in [-0.25, -0.2) is 0 Å². The van der Waals surface area contributed by atoms with E-state index in [9.17, 15) is 14.4 Å². The Morgan fingerprint density at radius 1 is 1.14 bits per heavy atom. The second kappa shape index (κ2) is 9.45. The highest BCUT2D eigenvalue weighted by molar-refractivity contribution is 5.81. The van der Waals surface area contributed by atoms with E-state index in [1.165, 1.54) is 6.20 Å². The summed E-state index contributed by atoms with van der Waals surface area (Å²) in [7, 11) is 0. The van der Waals surface area contributed by atoms with Gasteiger partial charge in [0, 0.05) is 31.1 Å². The number of nitrogens with zero attached hydrogens (tertiary/aromatic N) is 3. The monoisotopic (exact) mass is 385 g/mol. The molecule has 2 amide bonds. The zero-order valence-corrected chi connectivity index (χ0v) is 16.2. The molecule has 1 aliphatic heterocycles. The lowest BCUT2D eigenvalue weighted by atomic mass is 10.0. The second-order valence-electron chi connectivity index (χ2n) is 7.15. The highest BCUT2D eigenvalue weighted by Crippen LogP contribution is 2.11. The van der Waals surface area contributed by atoms with Crippen LogP contribution in [0.4, 0.5) is 0 Å². The van der Waals surface area contributed by atoms with Gasteiger partial charge >= 0.3 is 0 Å². The fourth-order valence-electron chi connectivity index (χ4n) is 3.46. The quantitative estimate of drug-likeness (QED) is 0.724. The maximum Gasteiger partial charge on any atom is 0.241 e. The molecule has 150 valence electrons. The number of hydrogen-bond acceptors (Lipinski definition) is 5. The minimum atomic E-state index is -0.150. The number of aromatic nitrogens is 2. The number of nitrogens with one attached hydrogen (secondary N) is 2. The Balaban J connectivity index is 1.50. The largest absolute Gasteiger partial charge is 0.355 e. The maximum atomic E-state index is 12.5. The number of likely N-dealkylation sites (tertiary alicyclic amines) is 1. The van der Waals surface area contributed by atoms with E-state index in [1.54, 1.807) is 22.9 Å². The van der Waals surface area contributed by atoms with Crippen molar-refractivity contribution in [1.29, 1.82) is 0 Å². The van der Waals surface area contributed by atoms with Gasteiger partial charge in [0.2, 0.25) is 17.2 Å². The van der Waals surface area contributed by atoms with Gasteiger partial charge in [-0.05, 0) is 31.4 Å². The molecule has 8 heteroatoms. The first kappa shape index (κ1) is 20.0. The van der Waals surface area contributed by atoms with Crippen LogP contribution in [0.25, 0.3) is 10.9 Å². The van der Waals surface area contributed by atoms with Crippen molar-refractivity contribution in [3.8, 4) is 0 Å². The predicted molar refractivity (Wildman–Crippen MR) is 107 cm³/mol. The molecule has 2 N–H and O–H groups in total. The van der Waals surface area contributed by atoms with Gasteiger partial charge in [-0.1, -0.05) is 19.1 Å². The number of para-hydroxylation sites is 1. The van der Waals surface area contributed by atoms with E-state index in [0.717, 1.165) is 32.4 Å². The van der Waals surface area contributed by atoms with Crippen LogP contribution in [0.5, 0.6) is 0 Å². The average Bonchev–Trinajstić information content (AvgIpc) is 2.70. The van der Waals surface area contributed by atoms with Crippen LogP contribution in [0, 0.1) is 0 Å². The molecular weight excluding hydrogens is 358 g/mol. The van der Waals surface area contributed by atoms with Crippen LogP contribution >= 0.6 is 0 Å². The minimum absolute atomic E-state index is 0.0560. The molecule has 0 saturated carbocycles. The highest BCUT2D eigenvalue weighted by atomic mass is 16.2. The fraction of sp³-hybridized carbons (Fsp3) is 0.500. The number of fused-ring (bicyclic) bond motifs is 1. The van der Waals surface area contributed by atoms with E-state index in [1.807, 2.05) is 13.0 Å². The number of rotatable bonds is 7. The van der Waals surface area contributed by atoms with Crippen molar-refractivity contribution in [1.82, 2.24) is 25.3 Å². The van der Waals surface area contributed by atoms with E-state index in [4.69, 9.17) is 0 Å². The Morgan fingerprint density at radius 2 is 1.89 bits per heavy atom. The Kier molecular flexibility index (Phi) is 6.76. The molecule has 2 aromatic rings. The van der Waals surface area contributed by atoms with Crippen molar-refractivity contribution < 1.29 is 9.59 Å². The van der Waals surface area contributed by atoms with Crippen LogP contribution < -0.4 is 16.1 Å². The van der Waals surface area contributed by atoms with Crippen molar-refractivity contribution in [2.24, 2.45) is 0 Å². The Morgan fingerprint density at radius 3 is 2.64 bits per heavy atom. The van der Waals surface area contributed by atoms with Crippen molar-refractivity contribution in [2.45, 2.75) is 38.8 Å². The predicted octanol–water partition coefficient (Wildman–Crippen LogP) is 0.503. The number of hydrogen-bond donors (Lipinski definition) is 2. The van der Waals surface area contributed by atoms with Crippen LogP contribution in [0.2, 0.25) is 0 Å². The lowest BCUT2D eigenvalue weighted by molar-refractivity contribution is -0.124. The SMILES string of the molecule is CCCNC(=O)CN1CCC(NC(=O)Cn2ncc(=O)c3ccccc32)CC1. The summed E-state index contributed by atoms with van der Waals surface area (Å²) in [5, 5.41) is 10.6. The Bertz CT molecular complexity index is 887. The molecule has 0 bridgehead atoms. The number of amides is 2. The van der Waals surface area contributed by atoms with Gasteiger partial charge in [0.05, 0.1) is 18.3 Å². The smallest absolute Gasteiger partial charge is 0.241 e. The van der Waals surface area contributed by atoms with Crippen LogP contribution in [0.15, 0.2) is 35.3 Å². The molecule has 3 rings (SSSR count). The van der Waals surface area contributed by atoms with Crippen molar-refractivity contribution in [2.75, 3.05) is 26.2 Å². The fourth-order valence-corrected chi connectivity index (χ4v) is 3.46. The van der Waals surface area contributed by atoms with Gasteiger partial charge in [-0.3, -0.25) is 24.0 Å². The molecule has 0 radical (unpaired) electrons. The van der Waals surface area contributed by atoms with Crippen LogP contribution in [-0.4, -0.2) is 58.7 Å². The molecule has 0 unspecified atom stereocenters. The van der Waals surface area contributed by atoms with Gasteiger partial charge in [0.1, 0.15) is 6.54 Å². The third-order valence-electron chi connectivity index (χ3n) is 4.95. The zero-order chi connectivity index (χ0) is 19.9. The molecular formula is C20H27N5O3. The van der Waals surface area contributed by atoms with Crippen molar-refractivity contribution in [3.63, 3.8) is 0 Å². The summed E-state index contributed by atoms with van der Waals surface area (Å²) in [6.45, 7) is 4.78. The van der Waals surface area contributed by atoms with E-state index < -0.39 is 0 Å². The number of piperidine rings is 1. The second-order valence-corrected chi connectivity index (χ2v) is 7.15. The molecule has 1 aliphatic rings. The molecule has 2 heterocycles. The number of carbonyl (C=O) groups excluding carboxylic acids is 2. The summed E-state index contributed by atoms with van der Waals surface area (Å²) in [6.07, 6.45) is 3.80. The standard InChI is InChI=1S/C20H27N5O3/c1-2-9-21-19(27)13-24-10-7-15(8-11-24)23-20(28)14-25-17-6-4-3-5-16(17)18(26)12-22-25/h3-6,12,15H,2,7-11,13-14H2,1H3,(H,21,27)(H,23,28). The lowest BCUT2D eigenvalue weighted by Gasteiger charge is -2.31. The molecule has 28 heavy (non-hydrogen) atoms. The van der Waals surface area contributed by atoms with Gasteiger partial charge in [-0.15, -0.1) is 0 Å². The summed E-state index contributed by atoms with van der Waals surface area (Å²) >= 11 is 0. The highest BCUT2D eigenvalue weighted by Gasteiger charge is 2.22. The van der Waals surface area contributed by atoms with Crippen molar-refractivity contribution in [3.05, 3.63) is 40.7 Å². The molecule has 0 atom stereocenters. The molecule has 8 nitrogen and oxygen atoms in total. The summed E-state index contributed by atoms with van der Waals surface area (Å²) in [4.78, 5) is 38.3. The average molecular weight is 385 g/mol. The third kappa shape index (κ3) is 5.16. The van der Waals surface area contributed by atoms with E-state index >= 15 is 0 Å². The number of carbonyl (C=O) groups is 2. The van der Waals surface area contributed by atoms with Crippen LogP contribution in [0.1, 0.15) is 26.2 Å². The normalized spacial score (nSPS) is 15.5. The zero-order valence-electron chi connectivity index (χ0n) is 16.2. The Labute approximate surface area is 163 Å². The molecule has 1 fully saturated rings. The first-order valence-corrected chi connectivity index (χ1v) is 9.80. The third-order valence-corrected chi connectivity index (χ3v) is 4.95. The van der Waals surface area contributed by atoms with Crippen molar-refractivity contribution >= 4 is 22.7 Å². The lowest BCUT2D eigenvalue weighted by Crippen LogP contribution is -2.48. The first-order chi connectivity index (χ1) is 13.6. The number of benzene rings is 1. The van der Waals surface area contributed by atoms with Gasteiger partial charge in [-0.2, -0.15) is 5.10 Å². The van der Waals surface area contributed by atoms with E-state index in [2.05, 4.69) is 20.6 Å². The molecule has 0 aliphatic carbocycles. The maximum absolute atomic E-state index is 12.5. The van der Waals surface area contributed by atoms with Crippen LogP contribution in [-0.2, 0) is 16.1 Å². The molecule has 0 spiro atoms. The van der Waals surface area contributed by atoms with Gasteiger partial charge in [0.15, 0.2) is 0 Å². The van der Waals surface area contributed by atoms with Crippen LogP contribution in [0.3, 0.4) is 0 Å². The van der Waals surface area contributed by atoms with Gasteiger partial charge in [0.25, 0.3) is 0 Å². The summed E-state index contributed by atoms with van der Waals surface area (Å²) < 4.78 is 1.55. The first-order valence-electron chi connectivity index (χ1n) is 9.80.